The highest BCUT2D eigenvalue weighted by Gasteiger charge is 1.99. The number of imidazole rings is 1. The molecule has 0 unspecified atom stereocenters. The Balaban J connectivity index is 1.71. The van der Waals surface area contributed by atoms with E-state index in [1.54, 1.807) is 12.5 Å². The molecule has 114 valence electrons. The Labute approximate surface area is 130 Å². The lowest BCUT2D eigenvalue weighted by Gasteiger charge is -2.07. The molecule has 2 rings (SSSR count). The van der Waals surface area contributed by atoms with Crippen LogP contribution in [0.5, 0.6) is 0 Å². The molecule has 6 heteroatoms. The molecule has 22 heavy (non-hydrogen) atoms. The van der Waals surface area contributed by atoms with E-state index in [0.29, 0.717) is 19.0 Å². The summed E-state index contributed by atoms with van der Waals surface area (Å²) in [6, 6.07) is 10.3. The van der Waals surface area contributed by atoms with Gasteiger partial charge in [-0.1, -0.05) is 30.3 Å². The maximum atomic E-state index is 8.76. The van der Waals surface area contributed by atoms with Gasteiger partial charge in [-0.15, -0.1) is 0 Å². The first-order chi connectivity index (χ1) is 10.9. The van der Waals surface area contributed by atoms with E-state index < -0.39 is 0 Å². The molecule has 0 saturated carbocycles. The fourth-order valence-electron chi connectivity index (χ4n) is 2.05. The third kappa shape index (κ3) is 5.67. The van der Waals surface area contributed by atoms with E-state index in [2.05, 4.69) is 37.7 Å². The second-order valence-corrected chi connectivity index (χ2v) is 4.81. The van der Waals surface area contributed by atoms with Crippen molar-refractivity contribution in [2.75, 3.05) is 13.1 Å². The number of aliphatic imine (C=N–C) groups is 1. The van der Waals surface area contributed by atoms with Crippen LogP contribution in [-0.4, -0.2) is 29.0 Å². The maximum Gasteiger partial charge on any atom is 0.204 e. The topological polar surface area (TPSA) is 88.9 Å². The molecule has 0 aliphatic heterocycles. The van der Waals surface area contributed by atoms with Crippen molar-refractivity contribution in [3.05, 3.63) is 54.1 Å². The molecule has 0 atom stereocenters. The molecule has 2 aromatic rings. The van der Waals surface area contributed by atoms with Gasteiger partial charge in [0.05, 0.1) is 6.33 Å². The minimum absolute atomic E-state index is 0.523. The summed E-state index contributed by atoms with van der Waals surface area (Å²) < 4.78 is 0. The molecule has 6 nitrogen and oxygen atoms in total. The largest absolute Gasteiger partial charge is 0.355 e. The van der Waals surface area contributed by atoms with Crippen LogP contribution in [0, 0.1) is 11.5 Å². The molecule has 0 saturated heterocycles. The highest BCUT2D eigenvalue weighted by atomic mass is 15.2. The summed E-state index contributed by atoms with van der Waals surface area (Å²) in [6.07, 6.45) is 8.08. The lowest BCUT2D eigenvalue weighted by molar-refractivity contribution is 0.793. The third-order valence-corrected chi connectivity index (χ3v) is 3.15. The van der Waals surface area contributed by atoms with Gasteiger partial charge in [0, 0.05) is 31.4 Å². The zero-order chi connectivity index (χ0) is 15.5. The Morgan fingerprint density at radius 1 is 1.27 bits per heavy atom. The zero-order valence-corrected chi connectivity index (χ0v) is 12.4. The number of benzene rings is 1. The number of nitrogens with one attached hydrogen (secondary N) is 3. The van der Waals surface area contributed by atoms with Crippen molar-refractivity contribution in [2.45, 2.75) is 19.3 Å². The number of aromatic amines is 1. The number of rotatable bonds is 7. The van der Waals surface area contributed by atoms with Gasteiger partial charge >= 0.3 is 0 Å². The number of hydrogen-bond donors (Lipinski definition) is 3. The van der Waals surface area contributed by atoms with Crippen molar-refractivity contribution >= 4 is 5.96 Å². The van der Waals surface area contributed by atoms with E-state index >= 15 is 0 Å². The number of guanidine groups is 1. The fraction of sp³-hybridized carbons (Fsp3) is 0.312. The second-order valence-electron chi connectivity index (χ2n) is 4.81. The van der Waals surface area contributed by atoms with Gasteiger partial charge in [0.25, 0.3) is 0 Å². The maximum absolute atomic E-state index is 8.76. The van der Waals surface area contributed by atoms with Crippen molar-refractivity contribution in [1.82, 2.24) is 20.6 Å². The van der Waals surface area contributed by atoms with Crippen LogP contribution in [0.4, 0.5) is 0 Å². The first-order valence-corrected chi connectivity index (χ1v) is 7.33. The average Bonchev–Trinajstić information content (AvgIpc) is 3.06. The summed E-state index contributed by atoms with van der Waals surface area (Å²) in [7, 11) is 0. The van der Waals surface area contributed by atoms with Crippen LogP contribution in [-0.2, 0) is 12.8 Å². The van der Waals surface area contributed by atoms with Crippen LogP contribution < -0.4 is 10.6 Å². The van der Waals surface area contributed by atoms with Crippen LogP contribution >= 0.6 is 0 Å². The van der Waals surface area contributed by atoms with Crippen LogP contribution in [0.3, 0.4) is 0 Å². The van der Waals surface area contributed by atoms with Crippen molar-refractivity contribution in [3.63, 3.8) is 0 Å². The van der Waals surface area contributed by atoms with Crippen LogP contribution in [0.25, 0.3) is 0 Å². The quantitative estimate of drug-likeness (QED) is 0.238. The molecule has 1 aromatic heterocycles. The van der Waals surface area contributed by atoms with Gasteiger partial charge in [-0.05, 0) is 18.4 Å². The van der Waals surface area contributed by atoms with Crippen molar-refractivity contribution in [3.8, 4) is 6.19 Å². The number of nitrogens with zero attached hydrogens (tertiary/aromatic N) is 3. The first-order valence-electron chi connectivity index (χ1n) is 7.33. The Morgan fingerprint density at radius 3 is 2.86 bits per heavy atom. The van der Waals surface area contributed by atoms with Crippen molar-refractivity contribution in [2.24, 2.45) is 4.99 Å². The normalized spacial score (nSPS) is 11.0. The minimum atomic E-state index is 0.523. The molecule has 1 aromatic carbocycles. The zero-order valence-electron chi connectivity index (χ0n) is 12.4. The average molecular weight is 296 g/mol. The van der Waals surface area contributed by atoms with Gasteiger partial charge in [-0.3, -0.25) is 10.3 Å². The monoisotopic (exact) mass is 296 g/mol. The molecule has 0 amide bonds. The van der Waals surface area contributed by atoms with Crippen LogP contribution in [0.1, 0.15) is 17.7 Å². The predicted octanol–water partition coefficient (Wildman–Crippen LogP) is 1.60. The van der Waals surface area contributed by atoms with E-state index in [1.807, 2.05) is 24.4 Å². The van der Waals surface area contributed by atoms with Gasteiger partial charge in [0.1, 0.15) is 0 Å². The van der Waals surface area contributed by atoms with Gasteiger partial charge < -0.3 is 10.3 Å². The van der Waals surface area contributed by atoms with Gasteiger partial charge in [0.15, 0.2) is 6.19 Å². The van der Waals surface area contributed by atoms with Crippen LogP contribution in [0.15, 0.2) is 47.8 Å². The summed E-state index contributed by atoms with van der Waals surface area (Å²) in [4.78, 5) is 11.4. The summed E-state index contributed by atoms with van der Waals surface area (Å²) in [5.41, 5.74) is 2.35. The molecule has 3 N–H and O–H groups in total. The van der Waals surface area contributed by atoms with E-state index in [0.717, 1.165) is 25.0 Å². The minimum Gasteiger partial charge on any atom is -0.355 e. The number of aromatic nitrogens is 2. The fourth-order valence-corrected chi connectivity index (χ4v) is 2.05. The molecule has 0 radical (unpaired) electrons. The molecule has 1 heterocycles. The number of nitriles is 1. The lowest BCUT2D eigenvalue weighted by Crippen LogP contribution is -2.36. The number of hydrogen-bond acceptors (Lipinski definition) is 3. The number of H-pyrrole nitrogens is 1. The van der Waals surface area contributed by atoms with Crippen molar-refractivity contribution in [1.29, 1.82) is 5.26 Å². The molecule has 0 fully saturated rings. The lowest BCUT2D eigenvalue weighted by atomic mass is 10.1. The van der Waals surface area contributed by atoms with Gasteiger partial charge in [-0.2, -0.15) is 5.26 Å². The highest BCUT2D eigenvalue weighted by Crippen LogP contribution is 2.02. The summed E-state index contributed by atoms with van der Waals surface area (Å²) >= 11 is 0. The van der Waals surface area contributed by atoms with E-state index in [9.17, 15) is 0 Å². The standard InChI is InChI=1S/C16H20N6/c17-12-21-16(20-10-8-15-11-18-13-22-15)19-9-4-7-14-5-2-1-3-6-14/h1-3,5-6,11,13H,4,7-10H2,(H,18,22)(H2,19,20,21). The van der Waals surface area contributed by atoms with Crippen molar-refractivity contribution < 1.29 is 0 Å². The van der Waals surface area contributed by atoms with Gasteiger partial charge in [-0.25, -0.2) is 4.98 Å². The summed E-state index contributed by atoms with van der Waals surface area (Å²) in [6.45, 7) is 1.37. The first kappa shape index (κ1) is 15.6. The van der Waals surface area contributed by atoms with Crippen LogP contribution in [0.2, 0.25) is 0 Å². The molecule has 0 aliphatic rings. The third-order valence-electron chi connectivity index (χ3n) is 3.15. The predicted molar refractivity (Wildman–Crippen MR) is 86.1 cm³/mol. The second kappa shape index (κ2) is 9.19. The SMILES string of the molecule is N#CNC(=NCCCc1ccccc1)NCCc1cnc[nH]1. The van der Waals surface area contributed by atoms with E-state index in [1.165, 1.54) is 5.56 Å². The number of aryl methyl sites for hydroxylation is 1. The Hall–Kier alpha value is -2.81. The Morgan fingerprint density at radius 2 is 2.14 bits per heavy atom. The van der Waals surface area contributed by atoms with E-state index in [4.69, 9.17) is 5.26 Å². The summed E-state index contributed by atoms with van der Waals surface area (Å²) in [5.74, 6) is 0.523. The Bertz CT molecular complexity index is 597. The summed E-state index contributed by atoms with van der Waals surface area (Å²) in [5, 5.41) is 14.5. The van der Waals surface area contributed by atoms with E-state index in [-0.39, 0.29) is 0 Å². The molecular weight excluding hydrogens is 276 g/mol. The molecular formula is C16H20N6. The Kier molecular flexibility index (Phi) is 6.50. The molecule has 0 spiro atoms. The smallest absolute Gasteiger partial charge is 0.204 e. The van der Waals surface area contributed by atoms with Gasteiger partial charge in [0.2, 0.25) is 5.96 Å². The highest BCUT2D eigenvalue weighted by molar-refractivity contribution is 5.81. The molecule has 0 aliphatic carbocycles. The molecule has 0 bridgehead atoms.